The molecule has 1 amide bonds. The zero-order chi connectivity index (χ0) is 19.6. The second-order valence-electron chi connectivity index (χ2n) is 7.41. The Hall–Kier alpha value is -2.64. The van der Waals surface area contributed by atoms with Gasteiger partial charge in [-0.05, 0) is 58.1 Å². The molecule has 0 unspecified atom stereocenters. The van der Waals surface area contributed by atoms with Crippen LogP contribution in [-0.2, 0) is 9.53 Å². The Kier molecular flexibility index (Phi) is 5.62. The molecule has 146 valence electrons. The number of amides is 1. The van der Waals surface area contributed by atoms with E-state index < -0.39 is 10.9 Å². The molecule has 1 aromatic rings. The van der Waals surface area contributed by atoms with Crippen molar-refractivity contribution >= 4 is 23.3 Å². The van der Waals surface area contributed by atoms with Gasteiger partial charge in [0.2, 0.25) is 0 Å². The maximum Gasteiger partial charge on any atom is 0.338 e. The summed E-state index contributed by atoms with van der Waals surface area (Å²) in [6.07, 6.45) is 4.92. The molecule has 1 N–H and O–H groups in total. The Bertz CT molecular complexity index is 737. The number of carbonyl (C=O) groups is 2. The maximum atomic E-state index is 12.4. The van der Waals surface area contributed by atoms with Gasteiger partial charge in [-0.3, -0.25) is 14.9 Å². The van der Waals surface area contributed by atoms with E-state index in [1.54, 1.807) is 4.90 Å². The number of esters is 1. The Morgan fingerprint density at radius 3 is 2.48 bits per heavy atom. The summed E-state index contributed by atoms with van der Waals surface area (Å²) >= 11 is 0. The van der Waals surface area contributed by atoms with Gasteiger partial charge in [0.25, 0.3) is 11.6 Å². The van der Waals surface area contributed by atoms with Crippen molar-refractivity contribution in [1.82, 2.24) is 4.90 Å². The number of nitro groups is 1. The highest BCUT2D eigenvalue weighted by molar-refractivity contribution is 5.93. The van der Waals surface area contributed by atoms with Crippen molar-refractivity contribution in [3.63, 3.8) is 0 Å². The lowest BCUT2D eigenvalue weighted by atomic mass is 9.97. The molecule has 8 nitrogen and oxygen atoms in total. The number of hydrogen-bond donors (Lipinski definition) is 1. The molecular weight excluding hydrogens is 350 g/mol. The van der Waals surface area contributed by atoms with E-state index in [-0.39, 0.29) is 41.9 Å². The molecule has 1 saturated heterocycles. The van der Waals surface area contributed by atoms with E-state index in [2.05, 4.69) is 5.32 Å². The first-order valence-corrected chi connectivity index (χ1v) is 9.40. The molecule has 0 aromatic heterocycles. The van der Waals surface area contributed by atoms with Crippen molar-refractivity contribution in [2.75, 3.05) is 11.9 Å². The number of hydrogen-bond acceptors (Lipinski definition) is 6. The molecule has 2 fully saturated rings. The van der Waals surface area contributed by atoms with Gasteiger partial charge in [-0.2, -0.15) is 0 Å². The number of rotatable bonds is 6. The van der Waals surface area contributed by atoms with Crippen LogP contribution in [0.3, 0.4) is 0 Å². The molecule has 1 aromatic carbocycles. The van der Waals surface area contributed by atoms with Crippen LogP contribution < -0.4 is 5.32 Å². The normalized spacial score (nSPS) is 22.2. The first-order valence-electron chi connectivity index (χ1n) is 9.40. The number of anilines is 1. The van der Waals surface area contributed by atoms with Crippen molar-refractivity contribution in [3.8, 4) is 0 Å². The summed E-state index contributed by atoms with van der Waals surface area (Å²) in [6, 6.07) is 4.69. The summed E-state index contributed by atoms with van der Waals surface area (Å²) < 4.78 is 5.13. The first kappa shape index (κ1) is 19.1. The fraction of sp³-hybridized carbons (Fsp3) is 0.579. The number of carbonyl (C=O) groups excluding carboxylic acids is 2. The standard InChI is InChI=1S/C19H25N3O5/c1-12-4-3-5-13(2)21(12)18(23)11-27-19(24)14-6-9-16(20-15-7-8-15)17(10-14)22(25)26/h6,9-10,12-13,15,20H,3-5,7-8,11H2,1-2H3/t12-,13+. The number of likely N-dealkylation sites (tertiary alicyclic amines) is 1. The quantitative estimate of drug-likeness (QED) is 0.466. The molecule has 1 heterocycles. The highest BCUT2D eigenvalue weighted by atomic mass is 16.6. The first-order chi connectivity index (χ1) is 12.9. The fourth-order valence-electron chi connectivity index (χ4n) is 3.58. The van der Waals surface area contributed by atoms with Crippen LogP contribution >= 0.6 is 0 Å². The third-order valence-corrected chi connectivity index (χ3v) is 5.18. The monoisotopic (exact) mass is 375 g/mol. The average Bonchev–Trinajstić information content (AvgIpc) is 3.43. The highest BCUT2D eigenvalue weighted by Crippen LogP contribution is 2.31. The zero-order valence-corrected chi connectivity index (χ0v) is 15.6. The molecular formula is C19H25N3O5. The summed E-state index contributed by atoms with van der Waals surface area (Å²) in [5.74, 6) is -0.966. The lowest BCUT2D eigenvalue weighted by Crippen LogP contribution is -2.49. The van der Waals surface area contributed by atoms with Gasteiger partial charge < -0.3 is 15.0 Å². The Morgan fingerprint density at radius 1 is 1.22 bits per heavy atom. The molecule has 3 rings (SSSR count). The molecule has 1 aliphatic heterocycles. The van der Waals surface area contributed by atoms with Crippen molar-refractivity contribution in [2.45, 2.75) is 64.1 Å². The SMILES string of the molecule is C[C@@H]1CCC[C@H](C)N1C(=O)COC(=O)c1ccc(NC2CC2)c([N+](=O)[O-])c1. The predicted molar refractivity (Wildman–Crippen MR) is 99.6 cm³/mol. The molecule has 8 heteroatoms. The summed E-state index contributed by atoms with van der Waals surface area (Å²) in [7, 11) is 0. The van der Waals surface area contributed by atoms with Crippen LogP contribution in [0, 0.1) is 10.1 Å². The van der Waals surface area contributed by atoms with Crippen molar-refractivity contribution in [3.05, 3.63) is 33.9 Å². The fourth-order valence-corrected chi connectivity index (χ4v) is 3.58. The lowest BCUT2D eigenvalue weighted by molar-refractivity contribution is -0.384. The summed E-state index contributed by atoms with van der Waals surface area (Å²) in [6.45, 7) is 3.62. The van der Waals surface area contributed by atoms with E-state index in [9.17, 15) is 19.7 Å². The number of nitro benzene ring substituents is 1. The van der Waals surface area contributed by atoms with Gasteiger partial charge in [0.15, 0.2) is 6.61 Å². The molecule has 27 heavy (non-hydrogen) atoms. The van der Waals surface area contributed by atoms with Crippen LogP contribution in [0.2, 0.25) is 0 Å². The van der Waals surface area contributed by atoms with Crippen LogP contribution in [0.5, 0.6) is 0 Å². The molecule has 1 saturated carbocycles. The maximum absolute atomic E-state index is 12.4. The van der Waals surface area contributed by atoms with Crippen LogP contribution in [0.4, 0.5) is 11.4 Å². The predicted octanol–water partition coefficient (Wildman–Crippen LogP) is 3.12. The van der Waals surface area contributed by atoms with E-state index in [1.165, 1.54) is 18.2 Å². The van der Waals surface area contributed by atoms with Crippen molar-refractivity contribution < 1.29 is 19.2 Å². The van der Waals surface area contributed by atoms with Gasteiger partial charge in [-0.1, -0.05) is 0 Å². The van der Waals surface area contributed by atoms with E-state index >= 15 is 0 Å². The van der Waals surface area contributed by atoms with E-state index in [0.29, 0.717) is 5.69 Å². The Balaban J connectivity index is 1.64. The number of benzene rings is 1. The molecule has 1 aliphatic carbocycles. The van der Waals surface area contributed by atoms with Gasteiger partial charge in [-0.25, -0.2) is 4.79 Å². The highest BCUT2D eigenvalue weighted by Gasteiger charge is 2.30. The molecule has 0 bridgehead atoms. The second-order valence-corrected chi connectivity index (χ2v) is 7.41. The number of ether oxygens (including phenoxy) is 1. The van der Waals surface area contributed by atoms with Gasteiger partial charge in [0.05, 0.1) is 10.5 Å². The molecule has 0 spiro atoms. The molecule has 2 atom stereocenters. The minimum atomic E-state index is -0.735. The number of nitrogens with one attached hydrogen (secondary N) is 1. The zero-order valence-electron chi connectivity index (χ0n) is 15.6. The van der Waals surface area contributed by atoms with Gasteiger partial charge in [0, 0.05) is 24.2 Å². The minimum Gasteiger partial charge on any atom is -0.452 e. The van der Waals surface area contributed by atoms with Gasteiger partial charge in [-0.15, -0.1) is 0 Å². The second kappa shape index (κ2) is 7.94. The van der Waals surface area contributed by atoms with Crippen molar-refractivity contribution in [2.24, 2.45) is 0 Å². The third-order valence-electron chi connectivity index (χ3n) is 5.18. The summed E-state index contributed by atoms with van der Waals surface area (Å²) in [4.78, 5) is 37.3. The van der Waals surface area contributed by atoms with Crippen LogP contribution in [-0.4, -0.2) is 46.4 Å². The Morgan fingerprint density at radius 2 is 1.89 bits per heavy atom. The minimum absolute atomic E-state index is 0.0654. The lowest BCUT2D eigenvalue weighted by Gasteiger charge is -2.38. The van der Waals surface area contributed by atoms with Crippen LogP contribution in [0.15, 0.2) is 18.2 Å². The van der Waals surface area contributed by atoms with E-state index in [1.807, 2.05) is 13.8 Å². The van der Waals surface area contributed by atoms with Crippen LogP contribution in [0.1, 0.15) is 56.3 Å². The average molecular weight is 375 g/mol. The summed E-state index contributed by atoms with van der Waals surface area (Å²) in [5, 5.41) is 14.4. The van der Waals surface area contributed by atoms with Crippen LogP contribution in [0.25, 0.3) is 0 Å². The smallest absolute Gasteiger partial charge is 0.338 e. The topological polar surface area (TPSA) is 102 Å². The number of piperidine rings is 1. The van der Waals surface area contributed by atoms with Crippen molar-refractivity contribution in [1.29, 1.82) is 0 Å². The van der Waals surface area contributed by atoms with Gasteiger partial charge in [0.1, 0.15) is 5.69 Å². The Labute approximate surface area is 158 Å². The van der Waals surface area contributed by atoms with E-state index in [0.717, 1.165) is 32.1 Å². The number of nitrogens with zero attached hydrogens (tertiary/aromatic N) is 2. The molecule has 0 radical (unpaired) electrons. The third kappa shape index (κ3) is 4.56. The largest absolute Gasteiger partial charge is 0.452 e. The summed E-state index contributed by atoms with van der Waals surface area (Å²) in [5.41, 5.74) is 0.294. The van der Waals surface area contributed by atoms with Gasteiger partial charge >= 0.3 is 5.97 Å². The molecule has 2 aliphatic rings. The van der Waals surface area contributed by atoms with E-state index in [4.69, 9.17) is 4.74 Å².